The molecular weight excluding hydrogens is 440 g/mol. The molecule has 1 aliphatic heterocycles. The molecule has 7 heteroatoms. The number of thiophene rings is 1. The number of benzene rings is 2. The number of carbonyl (C=O) groups excluding carboxylic acids is 1. The number of fused-ring (bicyclic) bond motifs is 1. The van der Waals surface area contributed by atoms with Crippen molar-refractivity contribution in [2.24, 2.45) is 4.99 Å². The predicted molar refractivity (Wildman–Crippen MR) is 127 cm³/mol. The highest BCUT2D eigenvalue weighted by Crippen LogP contribution is 2.31. The van der Waals surface area contributed by atoms with Crippen molar-refractivity contribution in [1.82, 2.24) is 4.57 Å². The average Bonchev–Trinajstić information content (AvgIpc) is 3.42. The van der Waals surface area contributed by atoms with E-state index in [-0.39, 0.29) is 5.56 Å². The molecule has 0 saturated heterocycles. The molecule has 5 rings (SSSR count). The molecule has 1 atom stereocenters. The molecule has 158 valence electrons. The van der Waals surface area contributed by atoms with Crippen LogP contribution in [0.2, 0.25) is 0 Å². The third-order valence-corrected chi connectivity index (χ3v) is 6.93. The predicted octanol–water partition coefficient (Wildman–Crippen LogP) is 3.90. The minimum atomic E-state index is -0.617. The van der Waals surface area contributed by atoms with Gasteiger partial charge in [0.1, 0.15) is 5.75 Å². The summed E-state index contributed by atoms with van der Waals surface area (Å²) in [5.74, 6) is -0.0707. The Morgan fingerprint density at radius 2 is 1.75 bits per heavy atom. The average molecular weight is 459 g/mol. The third kappa shape index (κ3) is 3.77. The number of hydrogen-bond donors (Lipinski definition) is 0. The van der Waals surface area contributed by atoms with Crippen LogP contribution < -0.4 is 19.6 Å². The lowest BCUT2D eigenvalue weighted by atomic mass is 9.96. The normalized spacial score (nSPS) is 15.9. The van der Waals surface area contributed by atoms with Crippen LogP contribution in [0.3, 0.4) is 0 Å². The van der Waals surface area contributed by atoms with Crippen LogP contribution in [0.15, 0.2) is 99.2 Å². The summed E-state index contributed by atoms with van der Waals surface area (Å²) in [7, 11) is 0. The van der Waals surface area contributed by atoms with Crippen LogP contribution in [0.25, 0.3) is 6.08 Å². The molecular formula is C25H18N2O3S2. The van der Waals surface area contributed by atoms with Gasteiger partial charge in [-0.1, -0.05) is 65.9 Å². The number of ether oxygens (including phenoxy) is 1. The van der Waals surface area contributed by atoms with Gasteiger partial charge in [0, 0.05) is 4.88 Å². The van der Waals surface area contributed by atoms with Crippen LogP contribution in [0.1, 0.15) is 23.4 Å². The van der Waals surface area contributed by atoms with Crippen molar-refractivity contribution < 1.29 is 9.53 Å². The van der Waals surface area contributed by atoms with Crippen molar-refractivity contribution in [3.05, 3.63) is 120 Å². The van der Waals surface area contributed by atoms with Gasteiger partial charge < -0.3 is 4.74 Å². The molecule has 2 aromatic carbocycles. The summed E-state index contributed by atoms with van der Waals surface area (Å²) in [6.45, 7) is 1.79. The first-order valence-corrected chi connectivity index (χ1v) is 11.7. The summed E-state index contributed by atoms with van der Waals surface area (Å²) in [5, 5.41) is 1.97. The van der Waals surface area contributed by atoms with E-state index in [0.29, 0.717) is 26.4 Å². The van der Waals surface area contributed by atoms with E-state index in [1.807, 2.05) is 60.0 Å². The lowest BCUT2D eigenvalue weighted by Gasteiger charge is -2.24. The zero-order chi connectivity index (χ0) is 22.1. The van der Waals surface area contributed by atoms with Crippen molar-refractivity contribution in [3.8, 4) is 5.75 Å². The van der Waals surface area contributed by atoms with Crippen molar-refractivity contribution in [2.75, 3.05) is 0 Å². The SMILES string of the molecule is CC1=C(C(=O)Oc2ccccc2)C(c2ccccc2)n2c(s/c(=C\c3cccs3)c2=O)=N1. The van der Waals surface area contributed by atoms with Gasteiger partial charge in [0.05, 0.1) is 21.8 Å². The van der Waals surface area contributed by atoms with Gasteiger partial charge in [-0.2, -0.15) is 0 Å². The fourth-order valence-electron chi connectivity index (χ4n) is 3.69. The molecule has 0 aliphatic carbocycles. The van der Waals surface area contributed by atoms with Crippen LogP contribution in [0.4, 0.5) is 0 Å². The summed E-state index contributed by atoms with van der Waals surface area (Å²) in [4.78, 5) is 32.9. The number of carbonyl (C=O) groups is 1. The largest absolute Gasteiger partial charge is 0.423 e. The summed E-state index contributed by atoms with van der Waals surface area (Å²) < 4.78 is 7.83. The molecule has 0 N–H and O–H groups in total. The Morgan fingerprint density at radius 3 is 2.44 bits per heavy atom. The molecule has 0 radical (unpaired) electrons. The highest BCUT2D eigenvalue weighted by atomic mass is 32.1. The van der Waals surface area contributed by atoms with E-state index in [1.54, 1.807) is 47.1 Å². The zero-order valence-electron chi connectivity index (χ0n) is 17.1. The fraction of sp³-hybridized carbons (Fsp3) is 0.0800. The minimum Gasteiger partial charge on any atom is -0.423 e. The quantitative estimate of drug-likeness (QED) is 0.344. The second kappa shape index (κ2) is 8.53. The van der Waals surface area contributed by atoms with Gasteiger partial charge in [-0.15, -0.1) is 11.3 Å². The van der Waals surface area contributed by atoms with E-state index in [1.165, 1.54) is 11.3 Å². The molecule has 1 unspecified atom stereocenters. The molecule has 0 amide bonds. The van der Waals surface area contributed by atoms with Gasteiger partial charge in [0.2, 0.25) is 0 Å². The van der Waals surface area contributed by atoms with E-state index < -0.39 is 12.0 Å². The highest BCUT2D eigenvalue weighted by molar-refractivity contribution is 7.11. The second-order valence-electron chi connectivity index (χ2n) is 7.21. The monoisotopic (exact) mass is 458 g/mol. The Labute approximate surface area is 191 Å². The minimum absolute atomic E-state index is 0.173. The first-order chi connectivity index (χ1) is 15.6. The number of nitrogens with zero attached hydrogens (tertiary/aromatic N) is 2. The maximum absolute atomic E-state index is 13.5. The maximum Gasteiger partial charge on any atom is 0.343 e. The third-order valence-electron chi connectivity index (χ3n) is 5.13. The lowest BCUT2D eigenvalue weighted by Crippen LogP contribution is -2.40. The first-order valence-electron chi connectivity index (χ1n) is 10.00. The molecule has 0 bridgehead atoms. The van der Waals surface area contributed by atoms with Gasteiger partial charge in [0.15, 0.2) is 4.80 Å². The molecule has 3 heterocycles. The van der Waals surface area contributed by atoms with E-state index in [9.17, 15) is 9.59 Å². The summed E-state index contributed by atoms with van der Waals surface area (Å²) in [5.41, 5.74) is 1.55. The van der Waals surface area contributed by atoms with E-state index in [0.717, 1.165) is 10.4 Å². The summed E-state index contributed by atoms with van der Waals surface area (Å²) in [6, 6.07) is 21.7. The number of thiazole rings is 1. The van der Waals surface area contributed by atoms with Crippen molar-refractivity contribution in [1.29, 1.82) is 0 Å². The van der Waals surface area contributed by atoms with Crippen LogP contribution in [0.5, 0.6) is 5.75 Å². The van der Waals surface area contributed by atoms with Gasteiger partial charge >= 0.3 is 5.97 Å². The standard InChI is InChI=1S/C25H18N2O3S2/c1-16-21(24(29)30-18-11-6-3-7-12-18)22(17-9-4-2-5-10-17)27-23(28)20(32-25(27)26-16)15-19-13-8-14-31-19/h2-15,22H,1H3/b20-15-. The molecule has 32 heavy (non-hydrogen) atoms. The van der Waals surface area contributed by atoms with Gasteiger partial charge in [0.25, 0.3) is 5.56 Å². The number of hydrogen-bond acceptors (Lipinski definition) is 6. The number of esters is 1. The van der Waals surface area contributed by atoms with Crippen molar-refractivity contribution in [3.63, 3.8) is 0 Å². The van der Waals surface area contributed by atoms with Gasteiger partial charge in [-0.3, -0.25) is 9.36 Å². The van der Waals surface area contributed by atoms with E-state index in [2.05, 4.69) is 4.99 Å². The highest BCUT2D eigenvalue weighted by Gasteiger charge is 2.33. The van der Waals surface area contributed by atoms with Crippen LogP contribution in [0, 0.1) is 0 Å². The van der Waals surface area contributed by atoms with Crippen LogP contribution >= 0.6 is 22.7 Å². The number of para-hydroxylation sites is 1. The van der Waals surface area contributed by atoms with Crippen LogP contribution in [-0.4, -0.2) is 10.5 Å². The van der Waals surface area contributed by atoms with Crippen molar-refractivity contribution >= 4 is 34.7 Å². The smallest absolute Gasteiger partial charge is 0.343 e. The summed E-state index contributed by atoms with van der Waals surface area (Å²) in [6.07, 6.45) is 1.87. The molecule has 2 aromatic heterocycles. The topological polar surface area (TPSA) is 60.7 Å². The van der Waals surface area contributed by atoms with Gasteiger partial charge in [-0.25, -0.2) is 9.79 Å². The lowest BCUT2D eigenvalue weighted by molar-refractivity contribution is -0.130. The zero-order valence-corrected chi connectivity index (χ0v) is 18.7. The Balaban J connectivity index is 1.68. The Kier molecular flexibility index (Phi) is 5.43. The van der Waals surface area contributed by atoms with E-state index in [4.69, 9.17) is 4.74 Å². The second-order valence-corrected chi connectivity index (χ2v) is 9.20. The number of allylic oxidation sites excluding steroid dienone is 1. The first kappa shape index (κ1) is 20.4. The molecule has 0 fully saturated rings. The summed E-state index contributed by atoms with van der Waals surface area (Å²) >= 11 is 2.89. The molecule has 1 aliphatic rings. The van der Waals surface area contributed by atoms with Crippen LogP contribution in [-0.2, 0) is 4.79 Å². The fourth-order valence-corrected chi connectivity index (χ4v) is 5.46. The molecule has 0 saturated carbocycles. The van der Waals surface area contributed by atoms with Crippen molar-refractivity contribution in [2.45, 2.75) is 13.0 Å². The maximum atomic E-state index is 13.5. The number of aromatic nitrogens is 1. The number of rotatable bonds is 4. The molecule has 4 aromatic rings. The Hall–Kier alpha value is -3.55. The Bertz CT molecular complexity index is 1480. The van der Waals surface area contributed by atoms with E-state index >= 15 is 0 Å². The molecule has 0 spiro atoms. The van der Waals surface area contributed by atoms with Gasteiger partial charge in [-0.05, 0) is 42.1 Å². The molecule has 5 nitrogen and oxygen atoms in total. The Morgan fingerprint density at radius 1 is 1.03 bits per heavy atom.